The highest BCUT2D eigenvalue weighted by molar-refractivity contribution is 7.88. The van der Waals surface area contributed by atoms with E-state index in [9.17, 15) is 12.8 Å². The zero-order chi connectivity index (χ0) is 14.8. The van der Waals surface area contributed by atoms with Crippen LogP contribution in [0.25, 0.3) is 0 Å². The summed E-state index contributed by atoms with van der Waals surface area (Å²) in [5.41, 5.74) is 6.34. The largest absolute Gasteiger partial charge is 0.329 e. The molecule has 4 nitrogen and oxygen atoms in total. The van der Waals surface area contributed by atoms with Crippen molar-refractivity contribution in [3.05, 3.63) is 35.6 Å². The van der Waals surface area contributed by atoms with Gasteiger partial charge in [0.05, 0.1) is 5.75 Å². The van der Waals surface area contributed by atoms with Crippen molar-refractivity contribution in [1.29, 1.82) is 0 Å². The maximum absolute atomic E-state index is 12.9. The number of piperidine rings is 1. The minimum atomic E-state index is -3.41. The maximum Gasteiger partial charge on any atom is 0.218 e. The predicted molar refractivity (Wildman–Crippen MR) is 84.2 cm³/mol. The fraction of sp³-hybridized carbons (Fsp3) is 0.571. The third-order valence-electron chi connectivity index (χ3n) is 3.93. The Morgan fingerprint density at radius 2 is 1.95 bits per heavy atom. The van der Waals surface area contributed by atoms with Gasteiger partial charge in [-0.15, -0.1) is 12.4 Å². The van der Waals surface area contributed by atoms with Crippen LogP contribution in [0.1, 0.15) is 25.3 Å². The Bertz CT molecular complexity index is 551. The standard InChI is InChI=1S/C14H21FN2O2S.ClH/c1-11-3-2-8-17(14(11)9-16)20(18,19)10-12-4-6-13(15)7-5-12;/h4-7,11,14H,2-3,8-10,16H2,1H3;1H. The summed E-state index contributed by atoms with van der Waals surface area (Å²) in [4.78, 5) is 0. The lowest BCUT2D eigenvalue weighted by molar-refractivity contribution is 0.192. The first-order valence-electron chi connectivity index (χ1n) is 6.88. The molecule has 1 aromatic carbocycles. The van der Waals surface area contributed by atoms with E-state index in [1.54, 1.807) is 0 Å². The maximum atomic E-state index is 12.9. The topological polar surface area (TPSA) is 63.4 Å². The third-order valence-corrected chi connectivity index (χ3v) is 5.79. The zero-order valence-corrected chi connectivity index (χ0v) is 13.7. The lowest BCUT2D eigenvalue weighted by atomic mass is 9.93. The van der Waals surface area contributed by atoms with Gasteiger partial charge in [-0.25, -0.2) is 12.8 Å². The first-order valence-corrected chi connectivity index (χ1v) is 8.49. The van der Waals surface area contributed by atoms with Gasteiger partial charge in [0, 0.05) is 19.1 Å². The average molecular weight is 337 g/mol. The minimum absolute atomic E-state index is 0. The summed E-state index contributed by atoms with van der Waals surface area (Å²) < 4.78 is 39.5. The molecule has 1 aromatic rings. The van der Waals surface area contributed by atoms with Crippen molar-refractivity contribution in [1.82, 2.24) is 4.31 Å². The fourth-order valence-electron chi connectivity index (χ4n) is 2.78. The van der Waals surface area contributed by atoms with Gasteiger partial charge in [0.2, 0.25) is 10.0 Å². The van der Waals surface area contributed by atoms with Gasteiger partial charge in [-0.1, -0.05) is 19.1 Å². The normalized spacial score (nSPS) is 23.6. The average Bonchev–Trinajstić information content (AvgIpc) is 2.41. The molecule has 0 bridgehead atoms. The van der Waals surface area contributed by atoms with Crippen LogP contribution in [0.5, 0.6) is 0 Å². The van der Waals surface area contributed by atoms with E-state index in [1.165, 1.54) is 28.6 Å². The van der Waals surface area contributed by atoms with E-state index in [0.717, 1.165) is 12.8 Å². The summed E-state index contributed by atoms with van der Waals surface area (Å²) in [7, 11) is -3.41. The molecule has 1 saturated heterocycles. The van der Waals surface area contributed by atoms with Crippen LogP contribution in [0.3, 0.4) is 0 Å². The van der Waals surface area contributed by atoms with Gasteiger partial charge < -0.3 is 5.73 Å². The molecule has 0 spiro atoms. The number of nitrogens with zero attached hydrogens (tertiary/aromatic N) is 1. The Kier molecular flexibility index (Phi) is 6.59. The molecule has 7 heteroatoms. The molecule has 1 aliphatic heterocycles. The zero-order valence-electron chi connectivity index (χ0n) is 12.0. The van der Waals surface area contributed by atoms with Gasteiger partial charge in [0.15, 0.2) is 0 Å². The van der Waals surface area contributed by atoms with Crippen molar-refractivity contribution in [3.63, 3.8) is 0 Å². The van der Waals surface area contributed by atoms with Gasteiger partial charge >= 0.3 is 0 Å². The quantitative estimate of drug-likeness (QED) is 0.916. The Balaban J connectivity index is 0.00000220. The molecule has 2 unspecified atom stereocenters. The van der Waals surface area contributed by atoms with Crippen LogP contribution in [0.15, 0.2) is 24.3 Å². The van der Waals surface area contributed by atoms with E-state index in [1.807, 2.05) is 6.92 Å². The fourth-order valence-corrected chi connectivity index (χ4v) is 4.67. The monoisotopic (exact) mass is 336 g/mol. The van der Waals surface area contributed by atoms with E-state index in [-0.39, 0.29) is 35.9 Å². The molecule has 0 saturated carbocycles. The van der Waals surface area contributed by atoms with Crippen molar-refractivity contribution in [2.75, 3.05) is 13.1 Å². The van der Waals surface area contributed by atoms with E-state index in [2.05, 4.69) is 0 Å². The van der Waals surface area contributed by atoms with Gasteiger partial charge in [-0.05, 0) is 36.5 Å². The molecule has 0 amide bonds. The summed E-state index contributed by atoms with van der Waals surface area (Å²) >= 11 is 0. The molecule has 0 aliphatic carbocycles. The number of rotatable bonds is 4. The highest BCUT2D eigenvalue weighted by atomic mass is 35.5. The number of sulfonamides is 1. The summed E-state index contributed by atoms with van der Waals surface area (Å²) in [6.07, 6.45) is 1.87. The lowest BCUT2D eigenvalue weighted by Gasteiger charge is -2.38. The second-order valence-electron chi connectivity index (χ2n) is 5.42. The Hall–Kier alpha value is -0.690. The van der Waals surface area contributed by atoms with Crippen LogP contribution in [0.4, 0.5) is 4.39 Å². The molecule has 0 aromatic heterocycles. The van der Waals surface area contributed by atoms with Gasteiger partial charge in [-0.2, -0.15) is 4.31 Å². The number of hydrogen-bond acceptors (Lipinski definition) is 3. The van der Waals surface area contributed by atoms with Crippen molar-refractivity contribution in [3.8, 4) is 0 Å². The summed E-state index contributed by atoms with van der Waals surface area (Å²) in [6, 6.07) is 5.46. The number of benzene rings is 1. The van der Waals surface area contributed by atoms with Crippen LogP contribution in [-0.4, -0.2) is 31.9 Å². The second kappa shape index (κ2) is 7.54. The molecular formula is C14H22ClFN2O2S. The number of halogens is 2. The first kappa shape index (κ1) is 18.4. The van der Waals surface area contributed by atoms with Crippen LogP contribution >= 0.6 is 12.4 Å². The van der Waals surface area contributed by atoms with E-state index in [4.69, 9.17) is 5.73 Å². The number of hydrogen-bond donors (Lipinski definition) is 1. The molecule has 1 aliphatic rings. The minimum Gasteiger partial charge on any atom is -0.329 e. The summed E-state index contributed by atoms with van der Waals surface area (Å²) in [5.74, 6) is -0.189. The number of nitrogens with two attached hydrogens (primary N) is 1. The summed E-state index contributed by atoms with van der Waals surface area (Å²) in [5, 5.41) is 0. The molecule has 120 valence electrons. The van der Waals surface area contributed by atoms with Crippen molar-refractivity contribution in [2.45, 2.75) is 31.6 Å². The molecule has 2 N–H and O–H groups in total. The van der Waals surface area contributed by atoms with E-state index < -0.39 is 10.0 Å². The molecule has 1 fully saturated rings. The van der Waals surface area contributed by atoms with Crippen LogP contribution in [0.2, 0.25) is 0 Å². The highest BCUT2D eigenvalue weighted by Crippen LogP contribution is 2.26. The van der Waals surface area contributed by atoms with Crippen LogP contribution in [0, 0.1) is 11.7 Å². The van der Waals surface area contributed by atoms with Gasteiger partial charge in [0.1, 0.15) is 5.82 Å². The Morgan fingerprint density at radius 3 is 2.52 bits per heavy atom. The molecular weight excluding hydrogens is 315 g/mol. The van der Waals surface area contributed by atoms with E-state index >= 15 is 0 Å². The van der Waals surface area contributed by atoms with Crippen molar-refractivity contribution >= 4 is 22.4 Å². The molecule has 21 heavy (non-hydrogen) atoms. The lowest BCUT2D eigenvalue weighted by Crippen LogP contribution is -2.51. The van der Waals surface area contributed by atoms with Crippen molar-refractivity contribution in [2.24, 2.45) is 11.7 Å². The Labute approximate surface area is 132 Å². The highest BCUT2D eigenvalue weighted by Gasteiger charge is 2.35. The smallest absolute Gasteiger partial charge is 0.218 e. The third kappa shape index (κ3) is 4.39. The molecule has 1 heterocycles. The first-order chi connectivity index (χ1) is 9.44. The second-order valence-corrected chi connectivity index (χ2v) is 7.34. The van der Waals surface area contributed by atoms with Crippen molar-refractivity contribution < 1.29 is 12.8 Å². The van der Waals surface area contributed by atoms with E-state index in [0.29, 0.717) is 18.7 Å². The molecule has 0 radical (unpaired) electrons. The SMILES string of the molecule is CC1CCCN(S(=O)(=O)Cc2ccc(F)cc2)C1CN.Cl. The summed E-state index contributed by atoms with van der Waals surface area (Å²) in [6.45, 7) is 2.90. The predicted octanol–water partition coefficient (Wildman–Crippen LogP) is 2.14. The van der Waals surface area contributed by atoms with Gasteiger partial charge in [-0.3, -0.25) is 0 Å². The molecule has 2 atom stereocenters. The Morgan fingerprint density at radius 1 is 1.33 bits per heavy atom. The van der Waals surface area contributed by atoms with Crippen LogP contribution in [-0.2, 0) is 15.8 Å². The van der Waals surface area contributed by atoms with Gasteiger partial charge in [0.25, 0.3) is 0 Å². The van der Waals surface area contributed by atoms with Crippen LogP contribution < -0.4 is 5.73 Å². The molecule has 2 rings (SSSR count).